The summed E-state index contributed by atoms with van der Waals surface area (Å²) in [5.74, 6) is -3.65. The van der Waals surface area contributed by atoms with Gasteiger partial charge >= 0.3 is 11.9 Å². The second-order valence-corrected chi connectivity index (χ2v) is 8.54. The van der Waals surface area contributed by atoms with Crippen molar-refractivity contribution in [2.24, 2.45) is 0 Å². The van der Waals surface area contributed by atoms with Gasteiger partial charge in [-0.3, -0.25) is 4.90 Å². The van der Waals surface area contributed by atoms with Crippen molar-refractivity contribution in [3.8, 4) is 0 Å². The fourth-order valence-corrected chi connectivity index (χ4v) is 4.83. The van der Waals surface area contributed by atoms with Crippen molar-refractivity contribution in [1.82, 2.24) is 4.90 Å². The van der Waals surface area contributed by atoms with Crippen LogP contribution in [0.5, 0.6) is 0 Å². The predicted octanol–water partition coefficient (Wildman–Crippen LogP) is 4.91. The number of benzene rings is 2. The van der Waals surface area contributed by atoms with E-state index in [1.165, 1.54) is 49.8 Å². The number of ether oxygens (including phenoxy) is 1. The van der Waals surface area contributed by atoms with E-state index in [0.717, 1.165) is 12.1 Å². The number of aliphatic carboxylic acids is 2. The van der Waals surface area contributed by atoms with Gasteiger partial charge in [-0.05, 0) is 49.8 Å². The normalized spacial score (nSPS) is 21.0. The molecule has 2 saturated heterocycles. The highest BCUT2D eigenvalue weighted by molar-refractivity contribution is 6.27. The highest BCUT2D eigenvalue weighted by atomic mass is 16.5. The quantitative estimate of drug-likeness (QED) is 0.459. The molecule has 0 saturated carbocycles. The first-order valence-corrected chi connectivity index (χ1v) is 11.6. The molecule has 4 rings (SSSR count). The molecule has 176 valence electrons. The van der Waals surface area contributed by atoms with Crippen LogP contribution in [0.4, 0.5) is 0 Å². The molecule has 2 fully saturated rings. The molecule has 2 aromatic rings. The molecule has 2 N–H and O–H groups in total. The number of carboxylic acids is 2. The monoisotopic (exact) mass is 451 g/mol. The molecule has 2 atom stereocenters. The van der Waals surface area contributed by atoms with E-state index in [4.69, 9.17) is 24.5 Å². The molecule has 6 heteroatoms. The predicted molar refractivity (Wildman–Crippen MR) is 127 cm³/mol. The Labute approximate surface area is 195 Å². The minimum Gasteiger partial charge on any atom is -0.473 e. The summed E-state index contributed by atoms with van der Waals surface area (Å²) in [7, 11) is 0. The van der Waals surface area contributed by atoms with Gasteiger partial charge in [0.15, 0.2) is 0 Å². The number of nitrogens with zero attached hydrogens (tertiary/aromatic N) is 1. The second-order valence-electron chi connectivity index (χ2n) is 8.54. The number of carboxylic acid groups (broad SMARTS) is 2. The summed E-state index contributed by atoms with van der Waals surface area (Å²) in [5.41, 5.74) is 4.05. The molecule has 2 heterocycles. The van der Waals surface area contributed by atoms with Crippen LogP contribution in [0, 0.1) is 0 Å². The summed E-state index contributed by atoms with van der Waals surface area (Å²) in [6.07, 6.45) is 8.86. The molecule has 0 radical (unpaired) electrons. The van der Waals surface area contributed by atoms with E-state index < -0.39 is 11.9 Å². The average molecular weight is 452 g/mol. The molecule has 6 nitrogen and oxygen atoms in total. The Morgan fingerprint density at radius 2 is 1.42 bits per heavy atom. The summed E-state index contributed by atoms with van der Waals surface area (Å²) in [5, 5.41) is 14.8. The van der Waals surface area contributed by atoms with Gasteiger partial charge < -0.3 is 14.9 Å². The van der Waals surface area contributed by atoms with Crippen LogP contribution in [0.3, 0.4) is 0 Å². The zero-order valence-electron chi connectivity index (χ0n) is 19.1. The van der Waals surface area contributed by atoms with Gasteiger partial charge in [-0.2, -0.15) is 0 Å². The molecule has 2 aliphatic rings. The zero-order valence-corrected chi connectivity index (χ0v) is 19.1. The van der Waals surface area contributed by atoms with Crippen molar-refractivity contribution >= 4 is 11.9 Å². The molecule has 2 aromatic carbocycles. The maximum absolute atomic E-state index is 9.10. The Morgan fingerprint density at radius 3 is 1.85 bits per heavy atom. The maximum atomic E-state index is 9.10. The van der Waals surface area contributed by atoms with Crippen LogP contribution < -0.4 is 0 Å². The lowest BCUT2D eigenvalue weighted by Gasteiger charge is -2.36. The van der Waals surface area contributed by atoms with Gasteiger partial charge in [0.2, 0.25) is 0 Å². The highest BCUT2D eigenvalue weighted by Gasteiger charge is 2.37. The van der Waals surface area contributed by atoms with Gasteiger partial charge in [0.05, 0.1) is 6.61 Å². The highest BCUT2D eigenvalue weighted by Crippen LogP contribution is 2.38. The molecule has 0 aliphatic carbocycles. The molecule has 2 bridgehead atoms. The smallest absolute Gasteiger partial charge is 0.414 e. The van der Waals surface area contributed by atoms with Crippen molar-refractivity contribution in [3.63, 3.8) is 0 Å². The van der Waals surface area contributed by atoms with E-state index in [9.17, 15) is 0 Å². The van der Waals surface area contributed by atoms with E-state index in [1.807, 2.05) is 0 Å². The first-order valence-electron chi connectivity index (χ1n) is 11.6. The van der Waals surface area contributed by atoms with Crippen LogP contribution in [0.1, 0.15) is 56.3 Å². The van der Waals surface area contributed by atoms with Gasteiger partial charge in [-0.1, -0.05) is 79.2 Å². The molecular formula is C27H33NO5. The largest absolute Gasteiger partial charge is 0.473 e. The third-order valence-electron chi connectivity index (χ3n) is 6.27. The van der Waals surface area contributed by atoms with Crippen LogP contribution >= 0.6 is 0 Å². The summed E-state index contributed by atoms with van der Waals surface area (Å²) in [4.78, 5) is 21.0. The number of fused-ring (bicyclic) bond motifs is 2. The average Bonchev–Trinajstić information content (AvgIpc) is 3.06. The lowest BCUT2D eigenvalue weighted by molar-refractivity contribution is -0.159. The first-order chi connectivity index (χ1) is 16.0. The Hall–Kier alpha value is -2.96. The first kappa shape index (κ1) is 24.7. The molecule has 0 aromatic heterocycles. The molecule has 2 aliphatic heterocycles. The molecule has 33 heavy (non-hydrogen) atoms. The van der Waals surface area contributed by atoms with Gasteiger partial charge in [0.25, 0.3) is 0 Å². The minimum atomic E-state index is -1.82. The summed E-state index contributed by atoms with van der Waals surface area (Å²) >= 11 is 0. The van der Waals surface area contributed by atoms with Crippen LogP contribution in [0.2, 0.25) is 0 Å². The fraction of sp³-hybridized carbons (Fsp3) is 0.407. The third kappa shape index (κ3) is 7.01. The minimum absolute atomic E-state index is 0.00107. The summed E-state index contributed by atoms with van der Waals surface area (Å²) in [6.45, 7) is 4.26. The van der Waals surface area contributed by atoms with E-state index >= 15 is 0 Å². The van der Waals surface area contributed by atoms with Gasteiger partial charge in [0, 0.05) is 12.1 Å². The molecular weight excluding hydrogens is 418 g/mol. The van der Waals surface area contributed by atoms with Gasteiger partial charge in [-0.25, -0.2) is 9.59 Å². The van der Waals surface area contributed by atoms with Crippen molar-refractivity contribution < 1.29 is 24.5 Å². The van der Waals surface area contributed by atoms with Crippen molar-refractivity contribution in [2.45, 2.75) is 57.2 Å². The van der Waals surface area contributed by atoms with Crippen LogP contribution in [-0.2, 0) is 14.3 Å². The number of hydrogen-bond donors (Lipinski definition) is 2. The number of rotatable bonds is 7. The molecule has 0 spiro atoms. The van der Waals surface area contributed by atoms with Gasteiger partial charge in [0.1, 0.15) is 6.10 Å². The van der Waals surface area contributed by atoms with E-state index in [1.54, 1.807) is 5.57 Å². The Morgan fingerprint density at radius 1 is 0.939 bits per heavy atom. The lowest BCUT2D eigenvalue weighted by atomic mass is 9.96. The van der Waals surface area contributed by atoms with Crippen LogP contribution in [0.15, 0.2) is 72.3 Å². The summed E-state index contributed by atoms with van der Waals surface area (Å²) < 4.78 is 6.39. The third-order valence-corrected chi connectivity index (χ3v) is 6.27. The van der Waals surface area contributed by atoms with Crippen molar-refractivity contribution in [2.75, 3.05) is 13.2 Å². The lowest BCUT2D eigenvalue weighted by Crippen LogP contribution is -2.40. The van der Waals surface area contributed by atoms with Crippen LogP contribution in [0.25, 0.3) is 0 Å². The van der Waals surface area contributed by atoms with Gasteiger partial charge in [-0.15, -0.1) is 0 Å². The Kier molecular flexibility index (Phi) is 9.22. The molecule has 0 amide bonds. The second kappa shape index (κ2) is 12.3. The van der Waals surface area contributed by atoms with E-state index in [-0.39, 0.29) is 6.10 Å². The number of piperidine rings is 1. The number of hydrogen-bond acceptors (Lipinski definition) is 4. The van der Waals surface area contributed by atoms with Crippen LogP contribution in [-0.4, -0.2) is 52.3 Å². The SMILES string of the molecule is CCCN1[C@@H]2CC[C@H]1CC(=CCOC(c1ccccc1)c1ccccc1)C2.O=C(O)C(=O)O. The number of carbonyl (C=O) groups is 2. The topological polar surface area (TPSA) is 87.1 Å². The van der Waals surface area contributed by atoms with Crippen molar-refractivity contribution in [3.05, 3.63) is 83.4 Å². The zero-order chi connectivity index (χ0) is 23.6. The summed E-state index contributed by atoms with van der Waals surface area (Å²) in [6, 6.07) is 22.7. The molecule has 0 unspecified atom stereocenters. The Balaban J connectivity index is 0.000000454. The fourth-order valence-electron chi connectivity index (χ4n) is 4.83. The van der Waals surface area contributed by atoms with E-state index in [0.29, 0.717) is 6.61 Å². The Bertz CT molecular complexity index is 861. The van der Waals surface area contributed by atoms with Crippen molar-refractivity contribution in [1.29, 1.82) is 0 Å². The maximum Gasteiger partial charge on any atom is 0.414 e. The van der Waals surface area contributed by atoms with E-state index in [2.05, 4.69) is 78.6 Å². The standard InChI is InChI=1S/C25H31NO.C2H2O4/c1-2-16-26-23-13-14-24(26)19-20(18-23)15-17-27-25(21-9-5-3-6-10-21)22-11-7-4-8-12-22;3-1(4)2(5)6/h3-12,15,23-25H,2,13-14,16-19H2,1H3;(H,3,4)(H,5,6)/t23-,24+;.